The lowest BCUT2D eigenvalue weighted by atomic mass is 10.1. The van der Waals surface area contributed by atoms with Crippen molar-refractivity contribution in [3.63, 3.8) is 0 Å². The van der Waals surface area contributed by atoms with E-state index in [1.165, 1.54) is 0 Å². The summed E-state index contributed by atoms with van der Waals surface area (Å²) in [7, 11) is 0. The van der Waals surface area contributed by atoms with Crippen LogP contribution in [0, 0.1) is 17.5 Å². The zero-order chi connectivity index (χ0) is 19.2. The van der Waals surface area contributed by atoms with Crippen LogP contribution in [-0.2, 0) is 0 Å². The fourth-order valence-corrected chi connectivity index (χ4v) is 2.52. The van der Waals surface area contributed by atoms with Crippen molar-refractivity contribution in [3.05, 3.63) is 40.9 Å². The number of nitrogens with one attached hydrogen (secondary N) is 1. The number of nitrogens with zero attached hydrogens (tertiary/aromatic N) is 4. The molecule has 138 valence electrons. The van der Waals surface area contributed by atoms with Crippen LogP contribution in [0.2, 0.25) is 5.15 Å². The van der Waals surface area contributed by atoms with Crippen LogP contribution in [0.3, 0.4) is 0 Å². The van der Waals surface area contributed by atoms with E-state index in [-0.39, 0.29) is 5.65 Å². The van der Waals surface area contributed by atoms with Crippen molar-refractivity contribution in [3.8, 4) is 11.1 Å². The molecule has 1 N–H and O–H groups in total. The molecular weight excluding hydrogens is 388 g/mol. The number of halogens is 7. The molecule has 0 fully saturated rings. The van der Waals surface area contributed by atoms with E-state index >= 15 is 0 Å². The number of hydrogen-bond donors (Lipinski definition) is 1. The van der Waals surface area contributed by atoms with E-state index in [4.69, 9.17) is 11.6 Å². The van der Waals surface area contributed by atoms with Gasteiger partial charge in [-0.05, 0) is 6.92 Å². The van der Waals surface area contributed by atoms with E-state index in [2.05, 4.69) is 20.6 Å². The zero-order valence-electron chi connectivity index (χ0n) is 12.7. The predicted octanol–water partition coefficient (Wildman–Crippen LogP) is 4.22. The molecule has 1 unspecified atom stereocenters. The van der Waals surface area contributed by atoms with Crippen LogP contribution in [0.1, 0.15) is 6.92 Å². The smallest absolute Gasteiger partial charge is 0.358 e. The lowest BCUT2D eigenvalue weighted by Crippen LogP contribution is -2.34. The molecule has 1 aromatic carbocycles. The first-order chi connectivity index (χ1) is 12.1. The molecule has 0 aliphatic carbocycles. The number of aromatic nitrogens is 4. The molecule has 0 bridgehead atoms. The summed E-state index contributed by atoms with van der Waals surface area (Å²) >= 11 is 5.95. The predicted molar refractivity (Wildman–Crippen MR) is 80.2 cm³/mol. The summed E-state index contributed by atoms with van der Waals surface area (Å²) in [6, 6.07) is -1.38. The second-order valence-electron chi connectivity index (χ2n) is 5.28. The van der Waals surface area contributed by atoms with Gasteiger partial charge >= 0.3 is 6.18 Å². The number of hydrogen-bond acceptors (Lipinski definition) is 4. The monoisotopic (exact) mass is 395 g/mol. The molecule has 5 nitrogen and oxygen atoms in total. The molecule has 0 aliphatic rings. The van der Waals surface area contributed by atoms with Crippen LogP contribution in [0.15, 0.2) is 18.3 Å². The third-order valence-corrected chi connectivity index (χ3v) is 3.77. The van der Waals surface area contributed by atoms with Crippen molar-refractivity contribution in [2.75, 3.05) is 5.32 Å². The van der Waals surface area contributed by atoms with Crippen molar-refractivity contribution in [1.82, 2.24) is 19.8 Å². The average molecular weight is 396 g/mol. The Morgan fingerprint density at radius 3 is 2.31 bits per heavy atom. The Hall–Kier alpha value is -2.56. The van der Waals surface area contributed by atoms with Crippen molar-refractivity contribution in [2.45, 2.75) is 19.1 Å². The SMILES string of the molecule is CC(Nc1c(-c2c(F)cc(F)cc2F)c(Cl)nc2cnnn12)C(F)(F)F. The Morgan fingerprint density at radius 1 is 1.12 bits per heavy atom. The van der Waals surface area contributed by atoms with Gasteiger partial charge in [-0.1, -0.05) is 16.8 Å². The van der Waals surface area contributed by atoms with Gasteiger partial charge in [0, 0.05) is 12.1 Å². The zero-order valence-corrected chi connectivity index (χ0v) is 13.5. The molecule has 0 aliphatic heterocycles. The minimum Gasteiger partial charge on any atom is -0.358 e. The molecule has 0 spiro atoms. The quantitative estimate of drug-likeness (QED) is 0.533. The summed E-state index contributed by atoms with van der Waals surface area (Å²) in [6.45, 7) is 0.790. The van der Waals surface area contributed by atoms with E-state index in [1.54, 1.807) is 0 Å². The van der Waals surface area contributed by atoms with Crippen LogP contribution in [-0.4, -0.2) is 32.0 Å². The van der Waals surface area contributed by atoms with Gasteiger partial charge in [0.15, 0.2) is 5.65 Å². The summed E-state index contributed by atoms with van der Waals surface area (Å²) in [4.78, 5) is 3.80. The molecule has 0 saturated carbocycles. The first-order valence-electron chi connectivity index (χ1n) is 6.97. The Labute approximate surface area is 146 Å². The highest BCUT2D eigenvalue weighted by Crippen LogP contribution is 2.38. The van der Waals surface area contributed by atoms with Gasteiger partial charge in [-0.3, -0.25) is 0 Å². The molecule has 3 rings (SSSR count). The highest BCUT2D eigenvalue weighted by atomic mass is 35.5. The van der Waals surface area contributed by atoms with Gasteiger partial charge in [-0.15, -0.1) is 5.10 Å². The Bertz CT molecular complexity index is 963. The normalized spacial score (nSPS) is 13.2. The van der Waals surface area contributed by atoms with E-state index in [1.807, 2.05) is 0 Å². The van der Waals surface area contributed by atoms with Crippen LogP contribution in [0.5, 0.6) is 0 Å². The largest absolute Gasteiger partial charge is 0.408 e. The van der Waals surface area contributed by atoms with E-state index in [0.29, 0.717) is 12.1 Å². The first kappa shape index (κ1) is 18.2. The van der Waals surface area contributed by atoms with Crippen LogP contribution >= 0.6 is 11.6 Å². The molecule has 12 heteroatoms. The van der Waals surface area contributed by atoms with Crippen molar-refractivity contribution in [1.29, 1.82) is 0 Å². The average Bonchev–Trinajstić information content (AvgIpc) is 2.95. The summed E-state index contributed by atoms with van der Waals surface area (Å²) in [5, 5.41) is 8.60. The van der Waals surface area contributed by atoms with Gasteiger partial charge in [-0.25, -0.2) is 18.2 Å². The van der Waals surface area contributed by atoms with Gasteiger partial charge in [0.25, 0.3) is 0 Å². The fraction of sp³-hybridized carbons (Fsp3) is 0.214. The minimum absolute atomic E-state index is 0.0569. The molecule has 0 radical (unpaired) electrons. The third-order valence-electron chi connectivity index (χ3n) is 3.50. The first-order valence-corrected chi connectivity index (χ1v) is 7.35. The number of anilines is 1. The fourth-order valence-electron chi connectivity index (χ4n) is 2.25. The highest BCUT2D eigenvalue weighted by molar-refractivity contribution is 6.33. The number of benzene rings is 1. The Balaban J connectivity index is 2.32. The van der Waals surface area contributed by atoms with Crippen molar-refractivity contribution >= 4 is 23.1 Å². The Kier molecular flexibility index (Phi) is 4.42. The number of alkyl halides is 3. The summed E-state index contributed by atoms with van der Waals surface area (Å²) in [5.74, 6) is -4.43. The van der Waals surface area contributed by atoms with E-state index in [0.717, 1.165) is 17.6 Å². The second-order valence-corrected chi connectivity index (χ2v) is 5.64. The molecule has 1 atom stereocenters. The molecule has 0 amide bonds. The molecule has 3 aromatic rings. The lowest BCUT2D eigenvalue weighted by Gasteiger charge is -2.21. The maximum absolute atomic E-state index is 14.2. The number of rotatable bonds is 3. The molecule has 26 heavy (non-hydrogen) atoms. The number of fused-ring (bicyclic) bond motifs is 1. The van der Waals surface area contributed by atoms with Gasteiger partial charge in [0.05, 0.1) is 17.3 Å². The van der Waals surface area contributed by atoms with Crippen molar-refractivity contribution < 1.29 is 26.3 Å². The molecule has 2 aromatic heterocycles. The lowest BCUT2D eigenvalue weighted by molar-refractivity contribution is -0.138. The topological polar surface area (TPSA) is 55.1 Å². The van der Waals surface area contributed by atoms with Gasteiger partial charge in [0.1, 0.15) is 34.5 Å². The van der Waals surface area contributed by atoms with Crippen molar-refractivity contribution in [2.24, 2.45) is 0 Å². The Morgan fingerprint density at radius 2 is 1.73 bits per heavy atom. The van der Waals surface area contributed by atoms with Gasteiger partial charge in [0.2, 0.25) is 0 Å². The standard InChI is InChI=1S/C14H8ClF6N5/c1-5(14(19,20)21)23-13-11(10-7(17)2-6(16)3-8(10)18)12(15)24-9-4-22-25-26(9)13/h2-5,23H,1H3. The highest BCUT2D eigenvalue weighted by Gasteiger charge is 2.37. The minimum atomic E-state index is -4.68. The maximum atomic E-state index is 14.2. The van der Waals surface area contributed by atoms with Crippen LogP contribution in [0.25, 0.3) is 16.8 Å². The molecule has 2 heterocycles. The summed E-state index contributed by atoms with van der Waals surface area (Å²) in [6.07, 6.45) is -3.59. The molecule has 0 saturated heterocycles. The van der Waals surface area contributed by atoms with E-state index in [9.17, 15) is 26.3 Å². The van der Waals surface area contributed by atoms with Crippen LogP contribution in [0.4, 0.5) is 32.2 Å². The van der Waals surface area contributed by atoms with E-state index < -0.39 is 51.8 Å². The summed E-state index contributed by atoms with van der Waals surface area (Å²) < 4.78 is 81.2. The third kappa shape index (κ3) is 3.14. The second kappa shape index (κ2) is 6.31. The maximum Gasteiger partial charge on any atom is 0.408 e. The van der Waals surface area contributed by atoms with Gasteiger partial charge < -0.3 is 5.32 Å². The molecular formula is C14H8ClF6N5. The summed E-state index contributed by atoms with van der Waals surface area (Å²) in [5.41, 5.74) is -1.45. The van der Waals surface area contributed by atoms with Crippen LogP contribution < -0.4 is 5.32 Å². The van der Waals surface area contributed by atoms with Gasteiger partial charge in [-0.2, -0.15) is 17.7 Å².